The molecule has 0 amide bonds. The highest BCUT2D eigenvalue weighted by Crippen LogP contribution is 2.15. The summed E-state index contributed by atoms with van der Waals surface area (Å²) in [5.41, 5.74) is 1.48. The third-order valence-electron chi connectivity index (χ3n) is 1.70. The lowest BCUT2D eigenvalue weighted by atomic mass is 10.3. The summed E-state index contributed by atoms with van der Waals surface area (Å²) in [5.74, 6) is 0. The number of H-pyrrole nitrogens is 1. The van der Waals surface area contributed by atoms with Crippen LogP contribution in [0.3, 0.4) is 0 Å². The molecule has 0 radical (unpaired) electrons. The SMILES string of the molecule is Cc1cc2n[nH]c(=O)n2cc1Br. The Labute approximate surface area is 76.4 Å². The van der Waals surface area contributed by atoms with Gasteiger partial charge in [-0.3, -0.25) is 0 Å². The molecule has 4 nitrogen and oxygen atoms in total. The second-order valence-corrected chi connectivity index (χ2v) is 3.42. The van der Waals surface area contributed by atoms with Crippen molar-refractivity contribution in [3.8, 4) is 0 Å². The van der Waals surface area contributed by atoms with Crippen molar-refractivity contribution in [2.75, 3.05) is 0 Å². The van der Waals surface area contributed by atoms with E-state index in [-0.39, 0.29) is 5.69 Å². The van der Waals surface area contributed by atoms with Crippen molar-refractivity contribution < 1.29 is 0 Å². The fourth-order valence-corrected chi connectivity index (χ4v) is 1.34. The molecule has 0 saturated carbocycles. The van der Waals surface area contributed by atoms with Gasteiger partial charge in [0.1, 0.15) is 0 Å². The monoisotopic (exact) mass is 227 g/mol. The Bertz CT molecular complexity index is 485. The lowest BCUT2D eigenvalue weighted by Gasteiger charge is -1.96. The van der Waals surface area contributed by atoms with Crippen LogP contribution in [-0.2, 0) is 0 Å². The van der Waals surface area contributed by atoms with E-state index >= 15 is 0 Å². The molecule has 2 heterocycles. The van der Waals surface area contributed by atoms with Crippen LogP contribution in [0.2, 0.25) is 0 Å². The molecule has 0 aliphatic carbocycles. The molecule has 12 heavy (non-hydrogen) atoms. The number of nitrogens with one attached hydrogen (secondary N) is 1. The van der Waals surface area contributed by atoms with Crippen molar-refractivity contribution in [2.24, 2.45) is 0 Å². The summed E-state index contributed by atoms with van der Waals surface area (Å²) < 4.78 is 2.36. The maximum Gasteiger partial charge on any atom is 0.347 e. The van der Waals surface area contributed by atoms with Gasteiger partial charge in [-0.1, -0.05) is 0 Å². The van der Waals surface area contributed by atoms with Gasteiger partial charge >= 0.3 is 5.69 Å². The van der Waals surface area contributed by atoms with Gasteiger partial charge in [-0.05, 0) is 34.5 Å². The minimum absolute atomic E-state index is 0.217. The number of halogens is 1. The summed E-state index contributed by atoms with van der Waals surface area (Å²) in [6.45, 7) is 1.95. The Morgan fingerprint density at radius 1 is 1.67 bits per heavy atom. The van der Waals surface area contributed by atoms with Gasteiger partial charge in [0, 0.05) is 10.7 Å². The molecule has 0 spiro atoms. The summed E-state index contributed by atoms with van der Waals surface area (Å²) in [5, 5.41) is 6.19. The van der Waals surface area contributed by atoms with Crippen molar-refractivity contribution >= 4 is 21.6 Å². The second kappa shape index (κ2) is 2.45. The van der Waals surface area contributed by atoms with Gasteiger partial charge in [0.25, 0.3) is 0 Å². The first-order valence-electron chi connectivity index (χ1n) is 3.41. The van der Waals surface area contributed by atoms with E-state index in [0.29, 0.717) is 5.65 Å². The first kappa shape index (κ1) is 7.54. The maximum atomic E-state index is 11.1. The Balaban J connectivity index is 2.97. The van der Waals surface area contributed by atoms with E-state index in [4.69, 9.17) is 0 Å². The van der Waals surface area contributed by atoms with Crippen LogP contribution < -0.4 is 5.69 Å². The van der Waals surface area contributed by atoms with E-state index < -0.39 is 0 Å². The summed E-state index contributed by atoms with van der Waals surface area (Å²) in [6.07, 6.45) is 1.70. The largest absolute Gasteiger partial charge is 0.347 e. The summed E-state index contributed by atoms with van der Waals surface area (Å²) in [7, 11) is 0. The second-order valence-electron chi connectivity index (χ2n) is 2.56. The van der Waals surface area contributed by atoms with E-state index in [0.717, 1.165) is 10.0 Å². The molecule has 0 atom stereocenters. The first-order valence-corrected chi connectivity index (χ1v) is 4.20. The predicted molar refractivity (Wildman–Crippen MR) is 48.2 cm³/mol. The van der Waals surface area contributed by atoms with Crippen LogP contribution >= 0.6 is 15.9 Å². The highest BCUT2D eigenvalue weighted by molar-refractivity contribution is 9.10. The average Bonchev–Trinajstić information content (AvgIpc) is 2.35. The highest BCUT2D eigenvalue weighted by Gasteiger charge is 2.01. The van der Waals surface area contributed by atoms with Crippen LogP contribution in [0, 0.1) is 6.92 Å². The maximum absolute atomic E-state index is 11.1. The van der Waals surface area contributed by atoms with E-state index in [9.17, 15) is 4.79 Å². The average molecular weight is 228 g/mol. The van der Waals surface area contributed by atoms with E-state index in [2.05, 4.69) is 26.1 Å². The summed E-state index contributed by atoms with van der Waals surface area (Å²) in [6, 6.07) is 1.84. The van der Waals surface area contributed by atoms with Crippen LogP contribution in [0.25, 0.3) is 5.65 Å². The molecule has 0 bridgehead atoms. The van der Waals surface area contributed by atoms with Crippen molar-refractivity contribution in [1.82, 2.24) is 14.6 Å². The fourth-order valence-electron chi connectivity index (χ4n) is 1.02. The van der Waals surface area contributed by atoms with Crippen molar-refractivity contribution in [2.45, 2.75) is 6.92 Å². The van der Waals surface area contributed by atoms with Gasteiger partial charge in [-0.2, -0.15) is 5.10 Å². The Morgan fingerprint density at radius 3 is 3.17 bits per heavy atom. The van der Waals surface area contributed by atoms with Gasteiger partial charge in [-0.25, -0.2) is 14.3 Å². The van der Waals surface area contributed by atoms with Crippen molar-refractivity contribution in [3.63, 3.8) is 0 Å². The van der Waals surface area contributed by atoms with Gasteiger partial charge in [0.15, 0.2) is 5.65 Å². The first-order chi connectivity index (χ1) is 5.68. The molecular formula is C7H6BrN3O. The molecule has 2 aromatic heterocycles. The van der Waals surface area contributed by atoms with Crippen molar-refractivity contribution in [1.29, 1.82) is 0 Å². The van der Waals surface area contributed by atoms with Gasteiger partial charge in [0.2, 0.25) is 0 Å². The number of pyridine rings is 1. The van der Waals surface area contributed by atoms with Crippen LogP contribution in [0.1, 0.15) is 5.56 Å². The molecule has 2 aromatic rings. The normalized spacial score (nSPS) is 10.8. The van der Waals surface area contributed by atoms with Crippen LogP contribution in [0.15, 0.2) is 21.5 Å². The van der Waals surface area contributed by atoms with Gasteiger partial charge < -0.3 is 0 Å². The quantitative estimate of drug-likeness (QED) is 0.733. The molecular weight excluding hydrogens is 222 g/mol. The predicted octanol–water partition coefficient (Wildman–Crippen LogP) is 1.09. The summed E-state index contributed by atoms with van der Waals surface area (Å²) in [4.78, 5) is 11.1. The minimum atomic E-state index is -0.217. The lowest BCUT2D eigenvalue weighted by Crippen LogP contribution is -2.08. The standard InChI is InChI=1S/C7H6BrN3O/c1-4-2-6-9-10-7(12)11(6)3-5(4)8/h2-3H,1H3,(H,10,12). The van der Waals surface area contributed by atoms with E-state index in [1.54, 1.807) is 6.20 Å². The van der Waals surface area contributed by atoms with Gasteiger partial charge in [0.05, 0.1) is 0 Å². The molecule has 62 valence electrons. The number of aromatic amines is 1. The van der Waals surface area contributed by atoms with Crippen LogP contribution in [0.4, 0.5) is 0 Å². The number of hydrogen-bond acceptors (Lipinski definition) is 2. The lowest BCUT2D eigenvalue weighted by molar-refractivity contribution is 1.02. The topological polar surface area (TPSA) is 50.2 Å². The van der Waals surface area contributed by atoms with Crippen LogP contribution in [0.5, 0.6) is 0 Å². The van der Waals surface area contributed by atoms with E-state index in [1.807, 2.05) is 13.0 Å². The number of aryl methyl sites for hydroxylation is 1. The Hall–Kier alpha value is -1.10. The molecule has 0 aromatic carbocycles. The van der Waals surface area contributed by atoms with Crippen molar-refractivity contribution in [3.05, 3.63) is 32.8 Å². The smallest absolute Gasteiger partial charge is 0.249 e. The minimum Gasteiger partial charge on any atom is -0.249 e. The number of hydrogen-bond donors (Lipinski definition) is 1. The number of fused-ring (bicyclic) bond motifs is 1. The highest BCUT2D eigenvalue weighted by atomic mass is 79.9. The molecule has 0 aliphatic rings. The summed E-state index contributed by atoms with van der Waals surface area (Å²) >= 11 is 3.33. The zero-order valence-electron chi connectivity index (χ0n) is 6.34. The Kier molecular flexibility index (Phi) is 1.54. The van der Waals surface area contributed by atoms with E-state index in [1.165, 1.54) is 4.40 Å². The molecule has 1 N–H and O–H groups in total. The third kappa shape index (κ3) is 0.972. The molecule has 0 fully saturated rings. The Morgan fingerprint density at radius 2 is 2.42 bits per heavy atom. The zero-order valence-corrected chi connectivity index (χ0v) is 7.92. The fraction of sp³-hybridized carbons (Fsp3) is 0.143. The molecule has 0 unspecified atom stereocenters. The molecule has 0 saturated heterocycles. The molecule has 2 rings (SSSR count). The third-order valence-corrected chi connectivity index (χ3v) is 2.53. The number of rotatable bonds is 0. The number of nitrogens with zero attached hydrogens (tertiary/aromatic N) is 2. The molecule has 5 heteroatoms. The van der Waals surface area contributed by atoms with Crippen LogP contribution in [-0.4, -0.2) is 14.6 Å². The molecule has 0 aliphatic heterocycles. The van der Waals surface area contributed by atoms with Gasteiger partial charge in [-0.15, -0.1) is 0 Å². The number of aromatic nitrogens is 3. The zero-order chi connectivity index (χ0) is 8.72.